The first-order valence-corrected chi connectivity index (χ1v) is 11.5. The highest BCUT2D eigenvalue weighted by atomic mass is 16.5. The van der Waals surface area contributed by atoms with E-state index in [4.69, 9.17) is 4.74 Å². The molecule has 1 aliphatic rings. The van der Waals surface area contributed by atoms with Crippen LogP contribution in [0.15, 0.2) is 30.3 Å². The lowest BCUT2D eigenvalue weighted by molar-refractivity contribution is -0.125. The first-order valence-electron chi connectivity index (χ1n) is 11.5. The number of aromatic nitrogens is 1. The van der Waals surface area contributed by atoms with Gasteiger partial charge in [0.1, 0.15) is 0 Å². The third-order valence-corrected chi connectivity index (χ3v) is 5.94. The zero-order valence-electron chi connectivity index (χ0n) is 20.1. The summed E-state index contributed by atoms with van der Waals surface area (Å²) in [6.07, 6.45) is 5.29. The number of ether oxygens (including phenoxy) is 1. The van der Waals surface area contributed by atoms with Gasteiger partial charge in [0.25, 0.3) is 5.91 Å². The molecule has 1 fully saturated rings. The number of rotatable bonds is 9. The normalized spacial score (nSPS) is 13.2. The molecule has 33 heavy (non-hydrogen) atoms. The summed E-state index contributed by atoms with van der Waals surface area (Å²) in [4.78, 5) is 39.0. The monoisotopic (exact) mass is 451 g/mol. The predicted octanol–water partition coefficient (Wildman–Crippen LogP) is 3.87. The Morgan fingerprint density at radius 2 is 1.79 bits per heavy atom. The SMILES string of the molecule is CCOC(=O)c1c(/C=C/C(=O)N(C)Cc2ccc(C(=O)NC3CC3)cc2)c(C)n(CC)c1C. The minimum Gasteiger partial charge on any atom is -0.462 e. The minimum absolute atomic E-state index is 0.0569. The Balaban J connectivity index is 1.70. The molecular formula is C26H33N3O4. The van der Waals surface area contributed by atoms with Crippen molar-refractivity contribution in [2.75, 3.05) is 13.7 Å². The second-order valence-corrected chi connectivity index (χ2v) is 8.40. The molecule has 1 heterocycles. The van der Waals surface area contributed by atoms with Crippen LogP contribution >= 0.6 is 0 Å². The summed E-state index contributed by atoms with van der Waals surface area (Å²) >= 11 is 0. The molecule has 0 radical (unpaired) electrons. The van der Waals surface area contributed by atoms with Crippen LogP contribution in [-0.2, 0) is 22.6 Å². The van der Waals surface area contributed by atoms with Crippen LogP contribution in [0.4, 0.5) is 0 Å². The maximum atomic E-state index is 12.8. The summed E-state index contributed by atoms with van der Waals surface area (Å²) in [5.41, 5.74) is 4.52. The number of amides is 2. The summed E-state index contributed by atoms with van der Waals surface area (Å²) in [6, 6.07) is 7.61. The van der Waals surface area contributed by atoms with Crippen molar-refractivity contribution in [1.82, 2.24) is 14.8 Å². The molecule has 2 aromatic rings. The van der Waals surface area contributed by atoms with E-state index in [0.29, 0.717) is 35.9 Å². The smallest absolute Gasteiger partial charge is 0.340 e. The van der Waals surface area contributed by atoms with Crippen molar-refractivity contribution < 1.29 is 19.1 Å². The molecule has 3 rings (SSSR count). The Hall–Kier alpha value is -3.35. The molecule has 7 heteroatoms. The Labute approximate surface area is 195 Å². The van der Waals surface area contributed by atoms with Gasteiger partial charge < -0.3 is 19.5 Å². The van der Waals surface area contributed by atoms with Crippen LogP contribution in [0.5, 0.6) is 0 Å². The van der Waals surface area contributed by atoms with Crippen molar-refractivity contribution >= 4 is 23.9 Å². The number of likely N-dealkylation sites (N-methyl/N-ethyl adjacent to an activating group) is 1. The molecule has 2 amide bonds. The van der Waals surface area contributed by atoms with Gasteiger partial charge in [-0.25, -0.2) is 4.79 Å². The Kier molecular flexibility index (Phi) is 7.74. The van der Waals surface area contributed by atoms with Gasteiger partial charge in [-0.2, -0.15) is 0 Å². The predicted molar refractivity (Wildman–Crippen MR) is 128 cm³/mol. The number of benzene rings is 1. The van der Waals surface area contributed by atoms with E-state index in [1.807, 2.05) is 37.5 Å². The molecule has 0 atom stereocenters. The quantitative estimate of drug-likeness (QED) is 0.464. The maximum Gasteiger partial charge on any atom is 0.340 e. The number of nitrogens with zero attached hydrogens (tertiary/aromatic N) is 2. The second kappa shape index (κ2) is 10.5. The lowest BCUT2D eigenvalue weighted by Gasteiger charge is -2.15. The van der Waals surface area contributed by atoms with E-state index in [1.165, 1.54) is 6.08 Å². The van der Waals surface area contributed by atoms with Crippen molar-refractivity contribution in [3.05, 3.63) is 64.0 Å². The topological polar surface area (TPSA) is 80.6 Å². The average molecular weight is 452 g/mol. The fraction of sp³-hybridized carbons (Fsp3) is 0.423. The number of hydrogen-bond donors (Lipinski definition) is 1. The average Bonchev–Trinajstić information content (AvgIpc) is 3.56. The largest absolute Gasteiger partial charge is 0.462 e. The number of hydrogen-bond acceptors (Lipinski definition) is 4. The molecule has 7 nitrogen and oxygen atoms in total. The molecule has 0 aliphatic heterocycles. The third kappa shape index (κ3) is 5.72. The first kappa shape index (κ1) is 24.3. The Bertz CT molecular complexity index is 1060. The summed E-state index contributed by atoms with van der Waals surface area (Å²) in [5, 5.41) is 2.97. The van der Waals surface area contributed by atoms with Gasteiger partial charge in [-0.3, -0.25) is 9.59 Å². The number of nitrogens with one attached hydrogen (secondary N) is 1. The van der Waals surface area contributed by atoms with Gasteiger partial charge in [-0.1, -0.05) is 12.1 Å². The van der Waals surface area contributed by atoms with Crippen molar-refractivity contribution in [1.29, 1.82) is 0 Å². The number of carbonyl (C=O) groups excluding carboxylic acids is 3. The first-order chi connectivity index (χ1) is 15.8. The van der Waals surface area contributed by atoms with Crippen LogP contribution in [-0.4, -0.2) is 46.9 Å². The molecule has 0 unspecified atom stereocenters. The van der Waals surface area contributed by atoms with Crippen molar-refractivity contribution in [2.45, 2.75) is 59.7 Å². The van der Waals surface area contributed by atoms with Crippen molar-refractivity contribution in [3.63, 3.8) is 0 Å². The highest BCUT2D eigenvalue weighted by Gasteiger charge is 2.24. The zero-order chi connectivity index (χ0) is 24.1. The zero-order valence-corrected chi connectivity index (χ0v) is 20.1. The molecule has 1 aromatic heterocycles. The highest BCUT2D eigenvalue weighted by Crippen LogP contribution is 2.25. The lowest BCUT2D eigenvalue weighted by atomic mass is 10.1. The van der Waals surface area contributed by atoms with E-state index in [0.717, 1.165) is 36.3 Å². The van der Waals surface area contributed by atoms with Gasteiger partial charge in [0.15, 0.2) is 0 Å². The van der Waals surface area contributed by atoms with Crippen LogP contribution < -0.4 is 5.32 Å². The molecule has 1 N–H and O–H groups in total. The molecule has 0 bridgehead atoms. The molecule has 1 aromatic carbocycles. The molecule has 0 saturated heterocycles. The van der Waals surface area contributed by atoms with Crippen molar-refractivity contribution in [3.8, 4) is 0 Å². The summed E-state index contributed by atoms with van der Waals surface area (Å²) in [6.45, 7) is 9.04. The Morgan fingerprint density at radius 1 is 1.12 bits per heavy atom. The van der Waals surface area contributed by atoms with E-state index in [-0.39, 0.29) is 17.8 Å². The summed E-state index contributed by atoms with van der Waals surface area (Å²) in [5.74, 6) is -0.614. The van der Waals surface area contributed by atoms with Crippen molar-refractivity contribution in [2.24, 2.45) is 0 Å². The molecule has 1 aliphatic carbocycles. The Morgan fingerprint density at radius 3 is 2.36 bits per heavy atom. The van der Waals surface area contributed by atoms with Crippen LogP contribution in [0, 0.1) is 13.8 Å². The van der Waals surface area contributed by atoms with Crippen LogP contribution in [0.3, 0.4) is 0 Å². The fourth-order valence-corrected chi connectivity index (χ4v) is 3.94. The highest BCUT2D eigenvalue weighted by molar-refractivity contribution is 5.99. The van der Waals surface area contributed by atoms with Gasteiger partial charge in [0, 0.05) is 54.8 Å². The third-order valence-electron chi connectivity index (χ3n) is 5.94. The van der Waals surface area contributed by atoms with Gasteiger partial charge >= 0.3 is 5.97 Å². The van der Waals surface area contributed by atoms with Gasteiger partial charge in [-0.05, 0) is 64.3 Å². The maximum absolute atomic E-state index is 12.8. The van der Waals surface area contributed by atoms with Gasteiger partial charge in [-0.15, -0.1) is 0 Å². The second-order valence-electron chi connectivity index (χ2n) is 8.40. The van der Waals surface area contributed by atoms with E-state index in [9.17, 15) is 14.4 Å². The summed E-state index contributed by atoms with van der Waals surface area (Å²) < 4.78 is 7.28. The van der Waals surface area contributed by atoms with Crippen LogP contribution in [0.2, 0.25) is 0 Å². The molecule has 0 spiro atoms. The van der Waals surface area contributed by atoms with E-state index in [2.05, 4.69) is 5.32 Å². The van der Waals surface area contributed by atoms with E-state index < -0.39 is 0 Å². The van der Waals surface area contributed by atoms with Crippen LogP contribution in [0.25, 0.3) is 6.08 Å². The van der Waals surface area contributed by atoms with E-state index >= 15 is 0 Å². The summed E-state index contributed by atoms with van der Waals surface area (Å²) in [7, 11) is 1.72. The minimum atomic E-state index is -0.378. The molecular weight excluding hydrogens is 418 g/mol. The molecule has 176 valence electrons. The van der Waals surface area contributed by atoms with Crippen LogP contribution in [0.1, 0.15) is 69.9 Å². The molecule has 1 saturated carbocycles. The standard InChI is InChI=1S/C26H33N3O4/c1-6-29-17(3)22(24(18(29)4)26(32)33-7-2)14-15-23(30)28(5)16-19-8-10-20(11-9-19)25(31)27-21-12-13-21/h8-11,14-15,21H,6-7,12-13,16H2,1-5H3,(H,27,31)/b15-14+. The van der Waals surface area contributed by atoms with Gasteiger partial charge in [0.05, 0.1) is 12.2 Å². The fourth-order valence-electron chi connectivity index (χ4n) is 3.94. The van der Waals surface area contributed by atoms with Gasteiger partial charge in [0.2, 0.25) is 5.91 Å². The van der Waals surface area contributed by atoms with E-state index in [1.54, 1.807) is 37.1 Å². The number of esters is 1. The number of carbonyl (C=O) groups is 3. The lowest BCUT2D eigenvalue weighted by Crippen LogP contribution is -2.26.